The van der Waals surface area contributed by atoms with Crippen molar-refractivity contribution >= 4 is 11.1 Å². The maximum Gasteiger partial charge on any atom is 0.188 e. The molecule has 12 heavy (non-hydrogen) atoms. The average molecular weight is 183 g/mol. The molecule has 1 atom stereocenters. The average Bonchev–Trinajstić information content (AvgIpc) is 2.87. The van der Waals surface area contributed by atoms with Gasteiger partial charge >= 0.3 is 0 Å². The summed E-state index contributed by atoms with van der Waals surface area (Å²) in [5, 5.41) is 0. The highest BCUT2D eigenvalue weighted by molar-refractivity contribution is 7.79. The van der Waals surface area contributed by atoms with Gasteiger partial charge in [-0.25, -0.2) is 4.21 Å². The summed E-state index contributed by atoms with van der Waals surface area (Å²) in [5.41, 5.74) is 1.09. The summed E-state index contributed by atoms with van der Waals surface area (Å²) in [6.07, 6.45) is 5.57. The third kappa shape index (κ3) is 1.54. The molecule has 1 fully saturated rings. The molecule has 1 aliphatic carbocycles. The molecule has 1 N–H and O–H groups in total. The second-order valence-electron chi connectivity index (χ2n) is 2.98. The molecule has 1 saturated carbocycles. The fourth-order valence-electron chi connectivity index (χ4n) is 1.17. The zero-order valence-electron chi connectivity index (χ0n) is 6.43. The molecule has 1 aromatic rings. The Hall–Kier alpha value is -0.740. The topological polar surface area (TPSA) is 50.2 Å². The van der Waals surface area contributed by atoms with Gasteiger partial charge in [-0.1, -0.05) is 0 Å². The van der Waals surface area contributed by atoms with Crippen molar-refractivity contribution in [2.45, 2.75) is 23.7 Å². The van der Waals surface area contributed by atoms with E-state index in [1.54, 1.807) is 12.3 Å². The van der Waals surface area contributed by atoms with Gasteiger partial charge in [0.15, 0.2) is 11.1 Å². The predicted molar refractivity (Wildman–Crippen MR) is 45.2 cm³/mol. The van der Waals surface area contributed by atoms with Crippen molar-refractivity contribution in [3.8, 4) is 0 Å². The van der Waals surface area contributed by atoms with E-state index in [9.17, 15) is 4.21 Å². The maximum atomic E-state index is 10.7. The van der Waals surface area contributed by atoms with E-state index >= 15 is 0 Å². The standard InChI is InChI=1S/C8H9NO2S/c10-12(11)8-3-7(4-9-5-8)6-1-2-6/h3-6H,1-2H2,(H,10,11). The second-order valence-corrected chi connectivity index (χ2v) is 3.95. The summed E-state index contributed by atoms with van der Waals surface area (Å²) in [5.74, 6) is 0.584. The minimum absolute atomic E-state index is 0.402. The Balaban J connectivity index is 2.32. The molecule has 0 aromatic carbocycles. The lowest BCUT2D eigenvalue weighted by molar-refractivity contribution is 0.564. The highest BCUT2D eigenvalue weighted by atomic mass is 32.2. The van der Waals surface area contributed by atoms with Crippen molar-refractivity contribution in [3.05, 3.63) is 24.0 Å². The molecule has 1 aliphatic rings. The Bertz CT molecular complexity index is 323. The number of hydrogen-bond acceptors (Lipinski definition) is 2. The summed E-state index contributed by atoms with van der Waals surface area (Å²) in [7, 11) is 0. The molecule has 0 amide bonds. The summed E-state index contributed by atoms with van der Waals surface area (Å²) in [4.78, 5) is 4.32. The number of nitrogens with zero attached hydrogens (tertiary/aromatic N) is 1. The number of aromatic nitrogens is 1. The quantitative estimate of drug-likeness (QED) is 0.707. The van der Waals surface area contributed by atoms with E-state index in [2.05, 4.69) is 4.98 Å². The normalized spacial score (nSPS) is 19.1. The third-order valence-electron chi connectivity index (χ3n) is 1.98. The molecular formula is C8H9NO2S. The third-order valence-corrected chi connectivity index (χ3v) is 2.61. The van der Waals surface area contributed by atoms with Gasteiger partial charge in [0.05, 0.1) is 4.90 Å². The van der Waals surface area contributed by atoms with Gasteiger partial charge in [-0.05, 0) is 30.4 Å². The van der Waals surface area contributed by atoms with Gasteiger partial charge in [0.25, 0.3) is 0 Å². The van der Waals surface area contributed by atoms with Gasteiger partial charge < -0.3 is 4.55 Å². The van der Waals surface area contributed by atoms with E-state index in [0.29, 0.717) is 10.8 Å². The second kappa shape index (κ2) is 2.95. The zero-order chi connectivity index (χ0) is 8.55. The van der Waals surface area contributed by atoms with Crippen LogP contribution < -0.4 is 0 Å². The molecule has 0 aliphatic heterocycles. The number of hydrogen-bond donors (Lipinski definition) is 1. The van der Waals surface area contributed by atoms with Crippen LogP contribution in [0.3, 0.4) is 0 Å². The van der Waals surface area contributed by atoms with E-state index in [0.717, 1.165) is 5.56 Å². The SMILES string of the molecule is O=S(O)c1cncc(C2CC2)c1. The van der Waals surface area contributed by atoms with Crippen molar-refractivity contribution in [2.24, 2.45) is 0 Å². The van der Waals surface area contributed by atoms with Crippen molar-refractivity contribution in [2.75, 3.05) is 0 Å². The lowest BCUT2D eigenvalue weighted by Crippen LogP contribution is -1.91. The van der Waals surface area contributed by atoms with Crippen LogP contribution in [0, 0.1) is 0 Å². The molecule has 3 nitrogen and oxygen atoms in total. The molecule has 0 saturated heterocycles. The highest BCUT2D eigenvalue weighted by Crippen LogP contribution is 2.39. The molecule has 0 bridgehead atoms. The summed E-state index contributed by atoms with van der Waals surface area (Å²) in [6, 6.07) is 1.76. The molecular weight excluding hydrogens is 174 g/mol. The fraction of sp³-hybridized carbons (Fsp3) is 0.375. The van der Waals surface area contributed by atoms with Crippen molar-refractivity contribution in [3.63, 3.8) is 0 Å². The van der Waals surface area contributed by atoms with E-state index in [4.69, 9.17) is 4.55 Å². The van der Waals surface area contributed by atoms with Gasteiger partial charge in [-0.3, -0.25) is 4.98 Å². The van der Waals surface area contributed by atoms with Crippen LogP contribution in [0.2, 0.25) is 0 Å². The van der Waals surface area contributed by atoms with Crippen LogP contribution in [0.15, 0.2) is 23.4 Å². The summed E-state index contributed by atoms with van der Waals surface area (Å²) < 4.78 is 19.4. The fourth-order valence-corrected chi connectivity index (χ4v) is 1.56. The molecule has 1 aromatic heterocycles. The lowest BCUT2D eigenvalue weighted by Gasteiger charge is -1.98. The van der Waals surface area contributed by atoms with E-state index < -0.39 is 11.1 Å². The first-order valence-electron chi connectivity index (χ1n) is 3.83. The largest absolute Gasteiger partial charge is 0.302 e. The van der Waals surface area contributed by atoms with Gasteiger partial charge in [-0.2, -0.15) is 0 Å². The van der Waals surface area contributed by atoms with Crippen LogP contribution in [-0.2, 0) is 11.1 Å². The van der Waals surface area contributed by atoms with Gasteiger partial charge in [-0.15, -0.1) is 0 Å². The summed E-state index contributed by atoms with van der Waals surface area (Å²) in [6.45, 7) is 0. The minimum atomic E-state index is -1.89. The molecule has 2 rings (SSSR count). The molecule has 0 spiro atoms. The Morgan fingerprint density at radius 2 is 2.25 bits per heavy atom. The number of pyridine rings is 1. The smallest absolute Gasteiger partial charge is 0.188 e. The first-order chi connectivity index (χ1) is 5.77. The lowest BCUT2D eigenvalue weighted by atomic mass is 10.2. The molecule has 1 unspecified atom stereocenters. The molecule has 4 heteroatoms. The van der Waals surface area contributed by atoms with Crippen LogP contribution in [0.4, 0.5) is 0 Å². The Morgan fingerprint density at radius 1 is 1.50 bits per heavy atom. The Kier molecular flexibility index (Phi) is 1.94. The van der Waals surface area contributed by atoms with Crippen molar-refractivity contribution in [1.82, 2.24) is 4.98 Å². The van der Waals surface area contributed by atoms with E-state index in [1.807, 2.05) is 0 Å². The van der Waals surface area contributed by atoms with Gasteiger partial charge in [0, 0.05) is 12.4 Å². The van der Waals surface area contributed by atoms with Crippen molar-refractivity contribution < 1.29 is 8.76 Å². The van der Waals surface area contributed by atoms with Crippen LogP contribution in [-0.4, -0.2) is 13.7 Å². The van der Waals surface area contributed by atoms with Gasteiger partial charge in [0.1, 0.15) is 0 Å². The monoisotopic (exact) mass is 183 g/mol. The Morgan fingerprint density at radius 3 is 2.83 bits per heavy atom. The summed E-state index contributed by atoms with van der Waals surface area (Å²) >= 11 is -1.89. The first kappa shape index (κ1) is 7.89. The van der Waals surface area contributed by atoms with Crippen molar-refractivity contribution in [1.29, 1.82) is 0 Å². The van der Waals surface area contributed by atoms with Gasteiger partial charge in [0.2, 0.25) is 0 Å². The minimum Gasteiger partial charge on any atom is -0.302 e. The van der Waals surface area contributed by atoms with Crippen LogP contribution in [0.5, 0.6) is 0 Å². The molecule has 64 valence electrons. The predicted octanol–water partition coefficient (Wildman–Crippen LogP) is 1.54. The molecule has 1 heterocycles. The Labute approximate surface area is 73.1 Å². The molecule has 0 radical (unpaired) electrons. The van der Waals surface area contributed by atoms with Crippen LogP contribution in [0.25, 0.3) is 0 Å². The van der Waals surface area contributed by atoms with E-state index in [1.165, 1.54) is 19.0 Å². The number of rotatable bonds is 2. The highest BCUT2D eigenvalue weighted by Gasteiger charge is 2.24. The first-order valence-corrected chi connectivity index (χ1v) is 4.94. The van der Waals surface area contributed by atoms with Crippen LogP contribution in [0.1, 0.15) is 24.3 Å². The maximum absolute atomic E-state index is 10.7. The van der Waals surface area contributed by atoms with Crippen LogP contribution >= 0.6 is 0 Å². The zero-order valence-corrected chi connectivity index (χ0v) is 7.25. The van der Waals surface area contributed by atoms with E-state index in [-0.39, 0.29) is 0 Å².